The number of allylic oxidation sites excluding steroid dienone is 1. The molecule has 2 aliphatic rings. The highest BCUT2D eigenvalue weighted by Crippen LogP contribution is 2.50. The summed E-state index contributed by atoms with van der Waals surface area (Å²) >= 11 is 0. The standard InChI is InChI=1S/C37H30F7N5O3/c1-4-20-15-27-32(37(42,43)44)48-49(33(27)36(20,40)41)18-30(50)47-29(14-19-12-21(38)16-22(39)13-19)31-25(9-8-23(46-31)10-11-35(2,3)52)24-6-5-7-26-28(24)17-45-34(26)51/h4-9,12-13,16,20,29,52H,1,14-15,17-18H2,2-3H3,(H,45,51)(H,47,50)/t20-,29+/m1/s1. The van der Waals surface area contributed by atoms with Gasteiger partial charge in [0.1, 0.15) is 35.2 Å². The Morgan fingerprint density at radius 2 is 1.81 bits per heavy atom. The molecule has 3 N–H and O–H groups in total. The van der Waals surface area contributed by atoms with Gasteiger partial charge in [-0.15, -0.1) is 6.58 Å². The van der Waals surface area contributed by atoms with Crippen LogP contribution in [0.5, 0.6) is 0 Å². The number of fused-ring (bicyclic) bond motifs is 2. The molecule has 3 heterocycles. The van der Waals surface area contributed by atoms with Crippen LogP contribution in [0.25, 0.3) is 11.1 Å². The van der Waals surface area contributed by atoms with E-state index in [1.807, 2.05) is 0 Å². The molecule has 0 spiro atoms. The third-order valence-electron chi connectivity index (χ3n) is 8.69. The summed E-state index contributed by atoms with van der Waals surface area (Å²) in [6, 6.07) is 9.37. The molecular weight excluding hydrogens is 695 g/mol. The molecule has 2 aromatic carbocycles. The monoisotopic (exact) mass is 725 g/mol. The molecule has 2 aromatic heterocycles. The zero-order valence-electron chi connectivity index (χ0n) is 27.6. The summed E-state index contributed by atoms with van der Waals surface area (Å²) in [7, 11) is 0. The molecule has 15 heteroatoms. The molecule has 52 heavy (non-hydrogen) atoms. The molecule has 8 nitrogen and oxygen atoms in total. The SMILES string of the molecule is C=C[C@@H]1Cc2c(C(F)(F)F)nn(CC(=O)N[C@@H](Cc3cc(F)cc(F)c3)c3nc(C#CC(C)(C)O)ccc3-c3cccc4c3CNC4=O)c2C1(F)F. The lowest BCUT2D eigenvalue weighted by Gasteiger charge is -2.23. The Kier molecular flexibility index (Phi) is 9.25. The maximum atomic E-state index is 15.4. The van der Waals surface area contributed by atoms with Gasteiger partial charge in [0.25, 0.3) is 11.8 Å². The smallest absolute Gasteiger partial charge is 0.378 e. The Morgan fingerprint density at radius 3 is 2.46 bits per heavy atom. The molecule has 0 unspecified atom stereocenters. The molecule has 4 aromatic rings. The van der Waals surface area contributed by atoms with Crippen molar-refractivity contribution in [3.63, 3.8) is 0 Å². The van der Waals surface area contributed by atoms with Crippen molar-refractivity contribution in [2.45, 2.75) is 63.5 Å². The fourth-order valence-electron chi connectivity index (χ4n) is 6.48. The molecule has 0 fully saturated rings. The predicted molar refractivity (Wildman–Crippen MR) is 173 cm³/mol. The van der Waals surface area contributed by atoms with Crippen molar-refractivity contribution < 1.29 is 45.4 Å². The minimum Gasteiger partial charge on any atom is -0.378 e. The Bertz CT molecular complexity index is 2160. The van der Waals surface area contributed by atoms with Crippen LogP contribution in [0.15, 0.2) is 61.2 Å². The zero-order valence-corrected chi connectivity index (χ0v) is 27.6. The van der Waals surface area contributed by atoms with Gasteiger partial charge in [-0.1, -0.05) is 24.1 Å². The number of aromatic nitrogens is 3. The Labute approximate surface area is 292 Å². The second kappa shape index (κ2) is 13.2. The number of carbonyl (C=O) groups is 2. The lowest BCUT2D eigenvalue weighted by molar-refractivity contribution is -0.142. The van der Waals surface area contributed by atoms with Crippen molar-refractivity contribution in [3.05, 3.63) is 118 Å². The number of alkyl halides is 5. The Balaban J connectivity index is 1.48. The number of hydrogen-bond acceptors (Lipinski definition) is 5. The van der Waals surface area contributed by atoms with Crippen molar-refractivity contribution in [1.29, 1.82) is 0 Å². The van der Waals surface area contributed by atoms with Gasteiger partial charge in [-0.3, -0.25) is 14.3 Å². The van der Waals surface area contributed by atoms with Crippen LogP contribution in [0.2, 0.25) is 0 Å². The van der Waals surface area contributed by atoms with Crippen molar-refractivity contribution >= 4 is 11.8 Å². The number of amides is 2. The van der Waals surface area contributed by atoms with Gasteiger partial charge in [-0.2, -0.15) is 27.1 Å². The van der Waals surface area contributed by atoms with Crippen molar-refractivity contribution in [2.24, 2.45) is 5.92 Å². The number of halogens is 7. The van der Waals surface area contributed by atoms with Crippen LogP contribution in [-0.2, 0) is 42.8 Å². The summed E-state index contributed by atoms with van der Waals surface area (Å²) in [4.78, 5) is 30.9. The number of pyridine rings is 1. The average Bonchev–Trinajstić information content (AvgIpc) is 3.69. The van der Waals surface area contributed by atoms with Crippen LogP contribution in [-0.4, -0.2) is 37.3 Å². The Hall–Kier alpha value is -5.49. The van der Waals surface area contributed by atoms with Crippen molar-refractivity contribution in [2.75, 3.05) is 0 Å². The highest BCUT2D eigenvalue weighted by molar-refractivity contribution is 6.00. The molecule has 2 amide bonds. The van der Waals surface area contributed by atoms with Crippen molar-refractivity contribution in [1.82, 2.24) is 25.4 Å². The van der Waals surface area contributed by atoms with Gasteiger partial charge in [0.15, 0.2) is 5.69 Å². The number of benzene rings is 2. The second-order valence-corrected chi connectivity index (χ2v) is 13.1. The van der Waals surface area contributed by atoms with Gasteiger partial charge in [0, 0.05) is 29.3 Å². The normalized spacial score (nSPS) is 16.7. The fourth-order valence-corrected chi connectivity index (χ4v) is 6.48. The maximum Gasteiger partial charge on any atom is 0.435 e. The van der Waals surface area contributed by atoms with Crippen LogP contribution in [0.4, 0.5) is 30.7 Å². The highest BCUT2D eigenvalue weighted by Gasteiger charge is 2.55. The van der Waals surface area contributed by atoms with Gasteiger partial charge < -0.3 is 15.7 Å². The van der Waals surface area contributed by atoms with E-state index in [2.05, 4.69) is 39.1 Å². The first kappa shape index (κ1) is 36.3. The van der Waals surface area contributed by atoms with Crippen LogP contribution in [0.1, 0.15) is 69.7 Å². The summed E-state index contributed by atoms with van der Waals surface area (Å²) in [5.41, 5.74) is -2.79. The quantitative estimate of drug-likeness (QED) is 0.115. The number of hydrogen-bond donors (Lipinski definition) is 3. The highest BCUT2D eigenvalue weighted by atomic mass is 19.4. The number of carbonyl (C=O) groups excluding carboxylic acids is 2. The van der Waals surface area contributed by atoms with Gasteiger partial charge >= 0.3 is 6.18 Å². The summed E-state index contributed by atoms with van der Waals surface area (Å²) in [5.74, 6) is -3.41. The molecule has 0 bridgehead atoms. The van der Waals surface area contributed by atoms with E-state index in [9.17, 15) is 36.6 Å². The van der Waals surface area contributed by atoms with Gasteiger partial charge in [0.2, 0.25) is 5.91 Å². The van der Waals surface area contributed by atoms with E-state index in [1.54, 1.807) is 24.3 Å². The number of nitrogens with zero attached hydrogens (tertiary/aromatic N) is 3. The van der Waals surface area contributed by atoms with Crippen LogP contribution >= 0.6 is 0 Å². The van der Waals surface area contributed by atoms with Crippen molar-refractivity contribution in [3.8, 4) is 23.0 Å². The first-order valence-corrected chi connectivity index (χ1v) is 15.9. The molecule has 2 atom stereocenters. The van der Waals surface area contributed by atoms with Crippen LogP contribution in [0, 0.1) is 29.4 Å². The van der Waals surface area contributed by atoms with E-state index in [4.69, 9.17) is 0 Å². The minimum atomic E-state index is -5.10. The van der Waals surface area contributed by atoms with Crippen LogP contribution in [0.3, 0.4) is 0 Å². The topological polar surface area (TPSA) is 109 Å². The summed E-state index contributed by atoms with van der Waals surface area (Å²) in [5, 5.41) is 18.9. The second-order valence-electron chi connectivity index (χ2n) is 13.1. The third kappa shape index (κ3) is 7.16. The van der Waals surface area contributed by atoms with E-state index < -0.39 is 77.1 Å². The van der Waals surface area contributed by atoms with Gasteiger partial charge in [-0.25, -0.2) is 13.8 Å². The maximum absolute atomic E-state index is 15.4. The summed E-state index contributed by atoms with van der Waals surface area (Å²) in [6.45, 7) is 5.25. The van der Waals surface area contributed by atoms with Gasteiger partial charge in [0.05, 0.1) is 17.7 Å². The molecule has 6 rings (SSSR count). The summed E-state index contributed by atoms with van der Waals surface area (Å²) in [6.07, 6.45) is -5.28. The Morgan fingerprint density at radius 1 is 1.12 bits per heavy atom. The molecule has 0 radical (unpaired) electrons. The first-order chi connectivity index (χ1) is 24.4. The molecule has 1 aliphatic carbocycles. The number of nitrogens with one attached hydrogen (secondary N) is 2. The molecular formula is C37H30F7N5O3. The van der Waals surface area contributed by atoms with E-state index in [0.717, 1.165) is 18.2 Å². The minimum absolute atomic E-state index is 0.0401. The van der Waals surface area contributed by atoms with Gasteiger partial charge in [-0.05, 0) is 79.6 Å². The lowest BCUT2D eigenvalue weighted by atomic mass is 9.91. The van der Waals surface area contributed by atoms with E-state index in [-0.39, 0.29) is 35.8 Å². The fraction of sp³-hybridized carbons (Fsp3) is 0.297. The number of aliphatic hydroxyl groups is 1. The lowest BCUT2D eigenvalue weighted by Crippen LogP contribution is -2.35. The molecule has 1 aliphatic heterocycles. The predicted octanol–water partition coefficient (Wildman–Crippen LogP) is 6.16. The summed E-state index contributed by atoms with van der Waals surface area (Å²) < 4.78 is 102. The largest absolute Gasteiger partial charge is 0.435 e. The first-order valence-electron chi connectivity index (χ1n) is 15.9. The molecule has 0 saturated carbocycles. The molecule has 0 saturated heterocycles. The van der Waals surface area contributed by atoms with E-state index in [1.165, 1.54) is 19.9 Å². The third-order valence-corrected chi connectivity index (χ3v) is 8.69. The average molecular weight is 726 g/mol. The van der Waals surface area contributed by atoms with E-state index in [0.29, 0.717) is 33.0 Å². The molecule has 270 valence electrons. The number of rotatable bonds is 8. The zero-order chi connectivity index (χ0) is 37.7. The van der Waals surface area contributed by atoms with Crippen LogP contribution < -0.4 is 10.6 Å². The van der Waals surface area contributed by atoms with E-state index >= 15 is 8.78 Å².